The number of ether oxygens (including phenoxy) is 3. The number of likely N-dealkylation sites (tertiary alicyclic amines) is 2. The zero-order chi connectivity index (χ0) is 47.1. The maximum atomic E-state index is 12.2. The lowest BCUT2D eigenvalue weighted by molar-refractivity contribution is -0.133. The molecule has 0 bridgehead atoms. The molecule has 338 valence electrons. The molecule has 5 heterocycles. The van der Waals surface area contributed by atoms with Gasteiger partial charge in [0.2, 0.25) is 5.91 Å². The third kappa shape index (κ3) is 16.4. The lowest BCUT2D eigenvalue weighted by atomic mass is 9.95. The summed E-state index contributed by atoms with van der Waals surface area (Å²) >= 11 is 0. The monoisotopic (exact) mass is 862 g/mol. The van der Waals surface area contributed by atoms with Crippen LogP contribution in [0.4, 0.5) is 9.59 Å². The number of fused-ring (bicyclic) bond motifs is 1. The summed E-state index contributed by atoms with van der Waals surface area (Å²) in [7, 11) is 1.22. The fourth-order valence-corrected chi connectivity index (χ4v) is 7.72. The predicted octanol–water partition coefficient (Wildman–Crippen LogP) is 8.92. The highest BCUT2D eigenvalue weighted by Crippen LogP contribution is 2.50. The molecule has 3 amide bonds. The van der Waals surface area contributed by atoms with Crippen molar-refractivity contribution in [3.8, 4) is 72.2 Å². The first-order valence-corrected chi connectivity index (χ1v) is 21.1. The van der Waals surface area contributed by atoms with Gasteiger partial charge in [0.15, 0.2) is 0 Å². The number of piperidine rings is 1. The van der Waals surface area contributed by atoms with E-state index in [1.54, 1.807) is 12.7 Å². The van der Waals surface area contributed by atoms with Crippen LogP contribution in [0.2, 0.25) is 0 Å². The lowest BCUT2D eigenvalue weighted by Gasteiger charge is -2.27. The number of nitrogens with two attached hydrogens (primary N) is 1. The summed E-state index contributed by atoms with van der Waals surface area (Å²) in [5.74, 6) is 3.03. The van der Waals surface area contributed by atoms with Crippen molar-refractivity contribution < 1.29 is 28.6 Å². The molecule has 13 nitrogen and oxygen atoms in total. The highest BCUT2D eigenvalue weighted by molar-refractivity contribution is 5.77. The summed E-state index contributed by atoms with van der Waals surface area (Å²) in [5.41, 5.74) is 10.8. The second kappa shape index (κ2) is 26.8. The largest absolute Gasteiger partial charge is 0.453 e. The number of H-pyrrole nitrogens is 2. The number of carbonyl (C=O) groups excluding carboxylic acids is 3. The van der Waals surface area contributed by atoms with E-state index in [-0.39, 0.29) is 11.7 Å². The molecule has 4 aromatic rings. The first kappa shape index (κ1) is 52.6. The molecule has 2 aromatic heterocycles. The molecule has 2 unspecified atom stereocenters. The van der Waals surface area contributed by atoms with E-state index in [0.29, 0.717) is 35.7 Å². The molecule has 0 radical (unpaired) electrons. The van der Waals surface area contributed by atoms with Gasteiger partial charge < -0.3 is 39.7 Å². The summed E-state index contributed by atoms with van der Waals surface area (Å²) in [6.45, 7) is 15.9. The third-order valence-electron chi connectivity index (χ3n) is 11.4. The summed E-state index contributed by atoms with van der Waals surface area (Å²) in [6.07, 6.45) is 35.3. The molecule has 4 fully saturated rings. The van der Waals surface area contributed by atoms with Crippen molar-refractivity contribution in [3.63, 3.8) is 0 Å². The maximum absolute atomic E-state index is 12.2. The molecule has 63 heavy (non-hydrogen) atoms. The SMILES string of the molecule is C#C.C#C.C#C.COC(N)=O.C[C@@H]1C2CCN(C(=O)OC(C)(C)C)C21.C[C@@H]1CCN(C(=O)CC2CCOCC2)[C@@H]1C.c1ncc(-c2ccc(-c3ccc(-c4cnc[nH]4)cc3)cc2)[nH]1. The number of terminal acetylenes is 3. The minimum Gasteiger partial charge on any atom is -0.453 e. The Hall–Kier alpha value is -6.49. The first-order valence-electron chi connectivity index (χ1n) is 21.1. The third-order valence-corrected chi connectivity index (χ3v) is 11.4. The molecule has 1 saturated carbocycles. The number of hydrogen-bond donors (Lipinski definition) is 3. The quantitative estimate of drug-likeness (QED) is 0.167. The standard InChI is InChI=1S/C18H14N4.C13H23NO2.C11H19NO2.C2H5NO2.3C2H2/c1-5-15(17-9-19-11-21-17)6-2-13(1)14-3-7-16(8-4-14)18-10-20-12-22-18;1-10-3-6-14(11(10)2)13(15)9-12-4-7-16-8-5-12;1-7-8-5-6-12(9(7)8)10(13)14-11(2,3)4;1-5-2(3)4;3*1-2/h1-12H,(H,19,21)(H,20,22);10-12H,3-9H2,1-2H3;7-9H,5-6H2,1-4H3;1H3,(H2,3,4);3*1-2H/t;10-,11-;7-,8?,9?;;;;/m.11..../s1. The Morgan fingerprint density at radius 1 is 0.746 bits per heavy atom. The normalized spacial score (nSPS) is 20.4. The van der Waals surface area contributed by atoms with E-state index in [9.17, 15) is 14.4 Å². The Morgan fingerprint density at radius 2 is 1.19 bits per heavy atom. The number of hydrogen-bond acceptors (Lipinski definition) is 8. The van der Waals surface area contributed by atoms with Gasteiger partial charge in [-0.1, -0.05) is 62.4 Å². The number of benzene rings is 2. The molecule has 8 rings (SSSR count). The smallest absolute Gasteiger partial charge is 0.410 e. The highest BCUT2D eigenvalue weighted by atomic mass is 16.6. The van der Waals surface area contributed by atoms with Crippen LogP contribution in [0.25, 0.3) is 33.6 Å². The Balaban J connectivity index is 0.000000298. The second-order valence-corrected chi connectivity index (χ2v) is 16.4. The van der Waals surface area contributed by atoms with Crippen molar-refractivity contribution in [1.29, 1.82) is 0 Å². The van der Waals surface area contributed by atoms with Gasteiger partial charge in [-0.05, 0) is 99.3 Å². The Kier molecular flexibility index (Phi) is 22.4. The van der Waals surface area contributed by atoms with E-state index in [1.165, 1.54) is 24.7 Å². The zero-order valence-corrected chi connectivity index (χ0v) is 38.0. The van der Waals surface area contributed by atoms with Gasteiger partial charge in [-0.3, -0.25) is 4.79 Å². The number of imidazole rings is 2. The number of nitrogens with zero attached hydrogens (tertiary/aromatic N) is 4. The van der Waals surface area contributed by atoms with Crippen molar-refractivity contribution >= 4 is 18.1 Å². The highest BCUT2D eigenvalue weighted by Gasteiger charge is 2.56. The van der Waals surface area contributed by atoms with Crippen LogP contribution < -0.4 is 5.73 Å². The van der Waals surface area contributed by atoms with E-state index in [1.807, 2.05) is 38.1 Å². The number of aromatic nitrogens is 4. The van der Waals surface area contributed by atoms with Crippen LogP contribution in [0.5, 0.6) is 0 Å². The molecule has 5 atom stereocenters. The van der Waals surface area contributed by atoms with Gasteiger partial charge in [-0.25, -0.2) is 19.6 Å². The van der Waals surface area contributed by atoms with Crippen LogP contribution in [0.1, 0.15) is 73.6 Å². The molecule has 3 saturated heterocycles. The molecule has 4 aliphatic rings. The van der Waals surface area contributed by atoms with E-state index >= 15 is 0 Å². The summed E-state index contributed by atoms with van der Waals surface area (Å²) in [5, 5.41) is 0. The van der Waals surface area contributed by atoms with E-state index in [4.69, 9.17) is 9.47 Å². The van der Waals surface area contributed by atoms with Crippen LogP contribution in [0.15, 0.2) is 73.6 Å². The molecular weight excluding hydrogens is 795 g/mol. The Labute approximate surface area is 375 Å². The van der Waals surface area contributed by atoms with Crippen molar-refractivity contribution in [2.24, 2.45) is 29.4 Å². The number of carbonyl (C=O) groups is 3. The van der Waals surface area contributed by atoms with Crippen LogP contribution in [0, 0.1) is 62.2 Å². The number of nitrogens with one attached hydrogen (secondary N) is 2. The van der Waals surface area contributed by atoms with E-state index in [2.05, 4.69) is 143 Å². The minimum absolute atomic E-state index is 0.130. The number of primary amides is 1. The summed E-state index contributed by atoms with van der Waals surface area (Å²) in [6, 6.07) is 17.8. The lowest BCUT2D eigenvalue weighted by Crippen LogP contribution is -2.37. The minimum atomic E-state index is -0.745. The average Bonchev–Trinajstić information content (AvgIpc) is 4.00. The number of aromatic amines is 2. The molecule has 0 spiro atoms. The Bertz CT molecular complexity index is 1890. The number of methoxy groups -OCH3 is 1. The molecule has 4 N–H and O–H groups in total. The average molecular weight is 862 g/mol. The van der Waals surface area contributed by atoms with Crippen LogP contribution >= 0.6 is 0 Å². The predicted molar refractivity (Wildman–Crippen MR) is 250 cm³/mol. The Morgan fingerprint density at radius 3 is 1.54 bits per heavy atom. The maximum Gasteiger partial charge on any atom is 0.410 e. The second-order valence-electron chi connectivity index (χ2n) is 16.4. The van der Waals surface area contributed by atoms with Gasteiger partial charge in [0.25, 0.3) is 0 Å². The zero-order valence-electron chi connectivity index (χ0n) is 38.0. The first-order chi connectivity index (χ1) is 30.3. The number of amides is 3. The van der Waals surface area contributed by atoms with E-state index in [0.717, 1.165) is 80.4 Å². The molecule has 13 heteroatoms. The molecule has 3 aliphatic heterocycles. The van der Waals surface area contributed by atoms with Crippen LogP contribution in [-0.2, 0) is 19.0 Å². The topological polar surface area (TPSA) is 169 Å². The number of rotatable bonds is 5. The fraction of sp³-hybridized carbons (Fsp3) is 0.460. The van der Waals surface area contributed by atoms with Crippen LogP contribution in [0.3, 0.4) is 0 Å². The summed E-state index contributed by atoms with van der Waals surface area (Å²) < 4.78 is 14.6. The van der Waals surface area contributed by atoms with Crippen molar-refractivity contribution in [2.45, 2.75) is 91.3 Å². The van der Waals surface area contributed by atoms with Crippen molar-refractivity contribution in [3.05, 3.63) is 73.6 Å². The summed E-state index contributed by atoms with van der Waals surface area (Å²) in [4.78, 5) is 51.6. The van der Waals surface area contributed by atoms with Gasteiger partial charge in [0.1, 0.15) is 5.60 Å². The van der Waals surface area contributed by atoms with Gasteiger partial charge in [-0.15, -0.1) is 38.5 Å². The van der Waals surface area contributed by atoms with Gasteiger partial charge >= 0.3 is 12.2 Å². The van der Waals surface area contributed by atoms with Crippen molar-refractivity contribution in [1.82, 2.24) is 29.7 Å². The van der Waals surface area contributed by atoms with Gasteiger partial charge in [0.05, 0.1) is 43.5 Å². The van der Waals surface area contributed by atoms with Gasteiger partial charge in [0, 0.05) is 44.8 Å². The molecular formula is C50H67N7O6. The molecule has 1 aliphatic carbocycles. The van der Waals surface area contributed by atoms with E-state index < -0.39 is 6.09 Å². The van der Waals surface area contributed by atoms with Gasteiger partial charge in [-0.2, -0.15) is 0 Å². The molecule has 2 aromatic carbocycles. The fourth-order valence-electron chi connectivity index (χ4n) is 7.72. The van der Waals surface area contributed by atoms with Crippen molar-refractivity contribution in [2.75, 3.05) is 33.4 Å². The van der Waals surface area contributed by atoms with Crippen LogP contribution in [-0.4, -0.2) is 98.9 Å².